The first-order valence-corrected chi connectivity index (χ1v) is 9.54. The third-order valence-corrected chi connectivity index (χ3v) is 5.36. The summed E-state index contributed by atoms with van der Waals surface area (Å²) in [6.45, 7) is 1.37. The molecule has 144 valence electrons. The van der Waals surface area contributed by atoms with E-state index in [0.29, 0.717) is 11.3 Å². The van der Waals surface area contributed by atoms with Crippen LogP contribution >= 0.6 is 0 Å². The van der Waals surface area contributed by atoms with E-state index in [9.17, 15) is 18.0 Å². The predicted molar refractivity (Wildman–Crippen MR) is 99.3 cm³/mol. The maximum absolute atomic E-state index is 12.4. The van der Waals surface area contributed by atoms with Crippen LogP contribution in [0.15, 0.2) is 59.5 Å². The normalized spacial score (nSPS) is 13.4. The van der Waals surface area contributed by atoms with E-state index in [1.54, 1.807) is 30.3 Å². The van der Waals surface area contributed by atoms with Crippen molar-refractivity contribution in [2.75, 3.05) is 7.11 Å². The van der Waals surface area contributed by atoms with Crippen molar-refractivity contribution in [3.05, 3.63) is 60.2 Å². The lowest BCUT2D eigenvalue weighted by atomic mass is 10.1. The molecule has 0 aliphatic rings. The van der Waals surface area contributed by atoms with Gasteiger partial charge in [-0.3, -0.25) is 9.59 Å². The molecule has 0 saturated heterocycles. The largest absolute Gasteiger partial charge is 0.497 e. The minimum Gasteiger partial charge on any atom is -0.497 e. The predicted octanol–water partition coefficient (Wildman–Crippen LogP) is 0.705. The van der Waals surface area contributed by atoms with Crippen molar-refractivity contribution in [3.63, 3.8) is 0 Å². The van der Waals surface area contributed by atoms with Gasteiger partial charge >= 0.3 is 0 Å². The van der Waals surface area contributed by atoms with Crippen molar-refractivity contribution in [1.29, 1.82) is 0 Å². The number of carbonyl (C=O) groups excluding carboxylic acids is 2. The van der Waals surface area contributed by atoms with E-state index in [4.69, 9.17) is 10.5 Å². The second-order valence-corrected chi connectivity index (χ2v) is 7.49. The number of primary amides is 1. The fourth-order valence-electron chi connectivity index (χ4n) is 2.34. The first kappa shape index (κ1) is 20.4. The average molecular weight is 391 g/mol. The van der Waals surface area contributed by atoms with Crippen LogP contribution in [0.3, 0.4) is 0 Å². The van der Waals surface area contributed by atoms with Gasteiger partial charge in [-0.1, -0.05) is 30.3 Å². The van der Waals surface area contributed by atoms with Crippen LogP contribution in [0.4, 0.5) is 0 Å². The van der Waals surface area contributed by atoms with Gasteiger partial charge in [-0.25, -0.2) is 8.42 Å². The number of methoxy groups -OCH3 is 1. The van der Waals surface area contributed by atoms with Crippen LogP contribution in [0.1, 0.15) is 18.5 Å². The lowest BCUT2D eigenvalue weighted by Crippen LogP contribution is -2.48. The third-order valence-electron chi connectivity index (χ3n) is 3.80. The summed E-state index contributed by atoms with van der Waals surface area (Å²) in [6, 6.07) is 12.0. The second kappa shape index (κ2) is 8.65. The summed E-state index contributed by atoms with van der Waals surface area (Å²) in [7, 11) is -2.46. The minimum atomic E-state index is -3.93. The quantitative estimate of drug-likeness (QED) is 0.610. The third kappa shape index (κ3) is 5.28. The highest BCUT2D eigenvalue weighted by atomic mass is 32.2. The zero-order valence-corrected chi connectivity index (χ0v) is 15.7. The van der Waals surface area contributed by atoms with Gasteiger partial charge in [0.05, 0.1) is 18.0 Å². The molecular weight excluding hydrogens is 370 g/mol. The molecule has 2 aromatic carbocycles. The van der Waals surface area contributed by atoms with Crippen LogP contribution in [0.5, 0.6) is 5.75 Å². The van der Waals surface area contributed by atoms with Crippen molar-refractivity contribution in [2.24, 2.45) is 5.73 Å². The molecular formula is C18H21N3O5S. The summed E-state index contributed by atoms with van der Waals surface area (Å²) in [5.41, 5.74) is 5.86. The molecule has 0 spiro atoms. The Morgan fingerprint density at radius 2 is 1.63 bits per heavy atom. The van der Waals surface area contributed by atoms with Crippen molar-refractivity contribution >= 4 is 21.8 Å². The first-order chi connectivity index (χ1) is 12.7. The minimum absolute atomic E-state index is 0.0162. The molecule has 2 rings (SSSR count). The van der Waals surface area contributed by atoms with Crippen molar-refractivity contribution < 1.29 is 22.7 Å². The maximum Gasteiger partial charge on any atom is 0.244 e. The molecule has 0 radical (unpaired) electrons. The Bertz CT molecular complexity index is 898. The molecule has 0 aromatic heterocycles. The monoisotopic (exact) mass is 391 g/mol. The van der Waals surface area contributed by atoms with Crippen LogP contribution < -0.4 is 20.5 Å². The second-order valence-electron chi connectivity index (χ2n) is 5.77. The highest BCUT2D eigenvalue weighted by molar-refractivity contribution is 7.89. The molecule has 2 atom stereocenters. The molecule has 27 heavy (non-hydrogen) atoms. The van der Waals surface area contributed by atoms with Crippen LogP contribution in [-0.2, 0) is 19.6 Å². The van der Waals surface area contributed by atoms with Crippen LogP contribution in [0, 0.1) is 0 Å². The number of hydrogen-bond acceptors (Lipinski definition) is 5. The maximum atomic E-state index is 12.4. The Hall–Kier alpha value is -2.91. The van der Waals surface area contributed by atoms with E-state index in [1.165, 1.54) is 38.3 Å². The Labute approximate surface area is 157 Å². The Morgan fingerprint density at radius 1 is 1.04 bits per heavy atom. The zero-order chi connectivity index (χ0) is 20.0. The van der Waals surface area contributed by atoms with Gasteiger partial charge < -0.3 is 15.8 Å². The van der Waals surface area contributed by atoms with Gasteiger partial charge in [0.15, 0.2) is 0 Å². The van der Waals surface area contributed by atoms with E-state index in [2.05, 4.69) is 10.0 Å². The molecule has 1 unspecified atom stereocenters. The summed E-state index contributed by atoms with van der Waals surface area (Å²) in [5, 5.41) is 2.46. The Kier molecular flexibility index (Phi) is 6.54. The number of hydrogen-bond donors (Lipinski definition) is 3. The van der Waals surface area contributed by atoms with Gasteiger partial charge in [0.25, 0.3) is 0 Å². The van der Waals surface area contributed by atoms with Gasteiger partial charge in [-0.05, 0) is 36.8 Å². The molecule has 2 amide bonds. The molecule has 8 nitrogen and oxygen atoms in total. The number of sulfonamides is 1. The number of ether oxygens (including phenoxy) is 1. The van der Waals surface area contributed by atoms with Gasteiger partial charge in [0.1, 0.15) is 11.8 Å². The number of amides is 2. The molecule has 0 bridgehead atoms. The van der Waals surface area contributed by atoms with E-state index in [-0.39, 0.29) is 4.90 Å². The van der Waals surface area contributed by atoms with Gasteiger partial charge in [-0.15, -0.1) is 0 Å². The molecule has 0 aliphatic heterocycles. The zero-order valence-electron chi connectivity index (χ0n) is 14.9. The van der Waals surface area contributed by atoms with Crippen molar-refractivity contribution in [1.82, 2.24) is 10.0 Å². The summed E-state index contributed by atoms with van der Waals surface area (Å²) >= 11 is 0. The van der Waals surface area contributed by atoms with Gasteiger partial charge in [0, 0.05) is 0 Å². The van der Waals surface area contributed by atoms with Crippen LogP contribution in [0.2, 0.25) is 0 Å². The number of carbonyl (C=O) groups is 2. The standard InChI is InChI=1S/C18H21N3O5S/c1-12(21-27(24,25)15-10-8-14(26-2)9-11-15)18(23)20-16(17(19)22)13-6-4-3-5-7-13/h3-12,16,21H,1-2H3,(H2,19,22)(H,20,23)/t12-,16?/m0/s1. The number of benzene rings is 2. The van der Waals surface area contributed by atoms with Gasteiger partial charge in [0.2, 0.25) is 21.8 Å². The van der Waals surface area contributed by atoms with Gasteiger partial charge in [-0.2, -0.15) is 4.72 Å². The van der Waals surface area contributed by atoms with E-state index < -0.39 is 33.9 Å². The van der Waals surface area contributed by atoms with Crippen LogP contribution in [0.25, 0.3) is 0 Å². The topological polar surface area (TPSA) is 128 Å². The Morgan fingerprint density at radius 3 is 2.15 bits per heavy atom. The van der Waals surface area contributed by atoms with Crippen molar-refractivity contribution in [3.8, 4) is 5.75 Å². The lowest BCUT2D eigenvalue weighted by molar-refractivity contribution is -0.128. The molecule has 4 N–H and O–H groups in total. The number of nitrogens with two attached hydrogens (primary N) is 1. The molecule has 0 saturated carbocycles. The van der Waals surface area contributed by atoms with E-state index >= 15 is 0 Å². The molecule has 0 fully saturated rings. The summed E-state index contributed by atoms with van der Waals surface area (Å²) in [6.07, 6.45) is 0. The molecule has 2 aromatic rings. The smallest absolute Gasteiger partial charge is 0.244 e. The molecule has 0 heterocycles. The Balaban J connectivity index is 2.10. The number of nitrogens with one attached hydrogen (secondary N) is 2. The highest BCUT2D eigenvalue weighted by Gasteiger charge is 2.26. The average Bonchev–Trinajstić information content (AvgIpc) is 2.66. The lowest BCUT2D eigenvalue weighted by Gasteiger charge is -2.19. The highest BCUT2D eigenvalue weighted by Crippen LogP contribution is 2.16. The molecule has 0 aliphatic carbocycles. The molecule has 9 heteroatoms. The fraction of sp³-hybridized carbons (Fsp3) is 0.222. The first-order valence-electron chi connectivity index (χ1n) is 8.05. The summed E-state index contributed by atoms with van der Waals surface area (Å²) in [4.78, 5) is 24.0. The number of rotatable bonds is 8. The van der Waals surface area contributed by atoms with Crippen molar-refractivity contribution in [2.45, 2.75) is 23.9 Å². The van der Waals surface area contributed by atoms with Crippen LogP contribution in [-0.4, -0.2) is 33.4 Å². The SMILES string of the molecule is COc1ccc(S(=O)(=O)N[C@@H](C)C(=O)NC(C(N)=O)c2ccccc2)cc1. The summed E-state index contributed by atoms with van der Waals surface area (Å²) < 4.78 is 32.1. The van der Waals surface area contributed by atoms with E-state index in [0.717, 1.165) is 0 Å². The van der Waals surface area contributed by atoms with E-state index in [1.807, 2.05) is 0 Å². The summed E-state index contributed by atoms with van der Waals surface area (Å²) in [5.74, 6) is -0.925. The fourth-order valence-corrected chi connectivity index (χ4v) is 3.54.